The first kappa shape index (κ1) is 15.0. The lowest BCUT2D eigenvalue weighted by atomic mass is 10.2. The van der Waals surface area contributed by atoms with Crippen LogP contribution in [-0.2, 0) is 9.59 Å². The van der Waals surface area contributed by atoms with E-state index in [0.29, 0.717) is 4.47 Å². The number of hydrazine groups is 1. The van der Waals surface area contributed by atoms with Crippen LogP contribution in [0.15, 0.2) is 22.7 Å². The molecule has 4 N–H and O–H groups in total. The minimum absolute atomic E-state index is 0.0288. The van der Waals surface area contributed by atoms with Crippen molar-refractivity contribution in [3.05, 3.63) is 28.2 Å². The molecule has 0 aliphatic carbocycles. The highest BCUT2D eigenvalue weighted by Crippen LogP contribution is 2.22. The van der Waals surface area contributed by atoms with Crippen molar-refractivity contribution in [2.75, 3.05) is 12.0 Å². The van der Waals surface area contributed by atoms with Gasteiger partial charge < -0.3 is 10.8 Å². The van der Waals surface area contributed by atoms with Gasteiger partial charge in [-0.1, -0.05) is 15.9 Å². The van der Waals surface area contributed by atoms with E-state index in [4.69, 9.17) is 10.8 Å². The Morgan fingerprint density at radius 1 is 1.42 bits per heavy atom. The molecule has 102 valence electrons. The molecule has 0 bridgehead atoms. The molecule has 0 unspecified atom stereocenters. The molecule has 1 aromatic rings. The lowest BCUT2D eigenvalue weighted by Gasteiger charge is -2.22. The Labute approximate surface area is 117 Å². The van der Waals surface area contributed by atoms with Gasteiger partial charge in [-0.2, -0.15) is 0 Å². The smallest absolute Gasteiger partial charge is 0.337 e. The third-order valence-corrected chi connectivity index (χ3v) is 2.73. The minimum atomic E-state index is -1.16. The lowest BCUT2D eigenvalue weighted by molar-refractivity contribution is -0.143. The number of amides is 2. The number of carbonyl (C=O) groups excluding carboxylic acids is 2. The topological polar surface area (TPSA) is 113 Å². The predicted molar refractivity (Wildman–Crippen MR) is 71.3 cm³/mol. The number of hydrogen-bond donors (Lipinski definition) is 3. The number of aromatic carboxylic acids is 1. The largest absolute Gasteiger partial charge is 0.478 e. The maximum Gasteiger partial charge on any atom is 0.337 e. The Hall–Kier alpha value is -2.09. The summed E-state index contributed by atoms with van der Waals surface area (Å²) >= 11 is 3.20. The van der Waals surface area contributed by atoms with Gasteiger partial charge in [0.15, 0.2) is 0 Å². The van der Waals surface area contributed by atoms with E-state index in [2.05, 4.69) is 21.4 Å². The highest BCUT2D eigenvalue weighted by molar-refractivity contribution is 9.10. The second-order valence-corrected chi connectivity index (χ2v) is 4.44. The molecule has 2 amide bonds. The number of nitrogens with zero attached hydrogens (tertiary/aromatic N) is 1. The lowest BCUT2D eigenvalue weighted by Crippen LogP contribution is -2.43. The first-order valence-electron chi connectivity index (χ1n) is 5.27. The molecule has 0 aliphatic rings. The zero-order valence-electron chi connectivity index (χ0n) is 10.0. The molecule has 0 fully saturated rings. The van der Waals surface area contributed by atoms with Crippen molar-refractivity contribution in [3.8, 4) is 0 Å². The zero-order chi connectivity index (χ0) is 14.6. The molecule has 0 spiro atoms. The molecule has 0 aliphatic heterocycles. The zero-order valence-corrected chi connectivity index (χ0v) is 11.6. The quantitative estimate of drug-likeness (QED) is 0.558. The maximum atomic E-state index is 11.5. The van der Waals surface area contributed by atoms with Gasteiger partial charge in [0.1, 0.15) is 0 Å². The standard InChI is InChI=1S/C11H12BrN3O4/c1-2-15(10(17)9(13)16)14-8-5-6(12)3-4-7(8)11(18)19/h3-5,14H,2H2,1H3,(H2,13,16)(H,18,19). The average molecular weight is 330 g/mol. The highest BCUT2D eigenvalue weighted by Gasteiger charge is 2.20. The number of halogens is 1. The molecule has 1 aromatic carbocycles. The summed E-state index contributed by atoms with van der Waals surface area (Å²) in [7, 11) is 0. The van der Waals surface area contributed by atoms with Crippen LogP contribution >= 0.6 is 15.9 Å². The Morgan fingerprint density at radius 3 is 2.53 bits per heavy atom. The van der Waals surface area contributed by atoms with Crippen LogP contribution in [0.2, 0.25) is 0 Å². The maximum absolute atomic E-state index is 11.5. The van der Waals surface area contributed by atoms with E-state index in [1.807, 2.05) is 0 Å². The fourth-order valence-electron chi connectivity index (χ4n) is 1.35. The van der Waals surface area contributed by atoms with Gasteiger partial charge in [0.05, 0.1) is 11.3 Å². The second-order valence-electron chi connectivity index (χ2n) is 3.52. The number of primary amides is 1. The van der Waals surface area contributed by atoms with Crippen molar-refractivity contribution in [2.24, 2.45) is 5.73 Å². The Balaban J connectivity index is 3.09. The summed E-state index contributed by atoms with van der Waals surface area (Å²) in [5.41, 5.74) is 7.62. The van der Waals surface area contributed by atoms with Crippen molar-refractivity contribution < 1.29 is 19.5 Å². The molecule has 0 radical (unpaired) electrons. The van der Waals surface area contributed by atoms with Crippen LogP contribution in [-0.4, -0.2) is 34.4 Å². The summed E-state index contributed by atoms with van der Waals surface area (Å²) in [6.45, 7) is 1.76. The van der Waals surface area contributed by atoms with Crippen LogP contribution in [0.4, 0.5) is 5.69 Å². The first-order valence-corrected chi connectivity index (χ1v) is 6.07. The van der Waals surface area contributed by atoms with E-state index in [-0.39, 0.29) is 17.8 Å². The minimum Gasteiger partial charge on any atom is -0.478 e. The first-order chi connectivity index (χ1) is 8.86. The molecule has 7 nitrogen and oxygen atoms in total. The molecule has 1 rings (SSSR count). The number of carboxylic acids is 1. The number of likely N-dealkylation sites (N-methyl/N-ethyl adjacent to an activating group) is 1. The van der Waals surface area contributed by atoms with Gasteiger partial charge >= 0.3 is 17.8 Å². The SMILES string of the molecule is CCN(Nc1cc(Br)ccc1C(=O)O)C(=O)C(N)=O. The summed E-state index contributed by atoms with van der Waals surface area (Å²) in [4.78, 5) is 33.4. The van der Waals surface area contributed by atoms with Crippen molar-refractivity contribution in [3.63, 3.8) is 0 Å². The molecule has 8 heteroatoms. The van der Waals surface area contributed by atoms with E-state index in [0.717, 1.165) is 5.01 Å². The normalized spacial score (nSPS) is 9.79. The van der Waals surface area contributed by atoms with E-state index in [1.165, 1.54) is 12.1 Å². The highest BCUT2D eigenvalue weighted by atomic mass is 79.9. The third kappa shape index (κ3) is 3.68. The second kappa shape index (κ2) is 6.19. The average Bonchev–Trinajstić information content (AvgIpc) is 2.34. The van der Waals surface area contributed by atoms with Gasteiger partial charge in [-0.3, -0.25) is 15.0 Å². The number of benzene rings is 1. The number of carboxylic acid groups (broad SMARTS) is 1. The number of nitrogens with one attached hydrogen (secondary N) is 1. The van der Waals surface area contributed by atoms with E-state index >= 15 is 0 Å². The Bertz CT molecular complexity index is 533. The number of hydrogen-bond acceptors (Lipinski definition) is 4. The molecule has 0 saturated carbocycles. The molecular weight excluding hydrogens is 318 g/mol. The summed E-state index contributed by atoms with van der Waals surface area (Å²) in [5.74, 6) is -3.22. The van der Waals surface area contributed by atoms with Gasteiger partial charge in [0, 0.05) is 11.0 Å². The van der Waals surface area contributed by atoms with Gasteiger partial charge in [0.25, 0.3) is 0 Å². The molecule has 0 aromatic heterocycles. The van der Waals surface area contributed by atoms with Crippen molar-refractivity contribution in [2.45, 2.75) is 6.92 Å². The summed E-state index contributed by atoms with van der Waals surface area (Å²) in [6.07, 6.45) is 0. The van der Waals surface area contributed by atoms with Crippen LogP contribution in [0.5, 0.6) is 0 Å². The Kier molecular flexibility index (Phi) is 4.87. The van der Waals surface area contributed by atoms with E-state index in [1.54, 1.807) is 13.0 Å². The van der Waals surface area contributed by atoms with Crippen LogP contribution in [0.1, 0.15) is 17.3 Å². The fraction of sp³-hybridized carbons (Fsp3) is 0.182. The monoisotopic (exact) mass is 329 g/mol. The summed E-state index contributed by atoms with van der Waals surface area (Å²) < 4.78 is 0.627. The van der Waals surface area contributed by atoms with Crippen LogP contribution in [0.25, 0.3) is 0 Å². The summed E-state index contributed by atoms with van der Waals surface area (Å²) in [6, 6.07) is 4.42. The van der Waals surface area contributed by atoms with Crippen LogP contribution in [0.3, 0.4) is 0 Å². The van der Waals surface area contributed by atoms with Crippen molar-refractivity contribution in [1.29, 1.82) is 0 Å². The van der Waals surface area contributed by atoms with Crippen molar-refractivity contribution in [1.82, 2.24) is 5.01 Å². The molecule has 19 heavy (non-hydrogen) atoms. The van der Waals surface area contributed by atoms with Gasteiger partial charge in [-0.15, -0.1) is 0 Å². The Morgan fingerprint density at radius 2 is 2.05 bits per heavy atom. The fourth-order valence-corrected chi connectivity index (χ4v) is 1.71. The van der Waals surface area contributed by atoms with Gasteiger partial charge in [-0.05, 0) is 25.1 Å². The number of anilines is 1. The van der Waals surface area contributed by atoms with E-state index in [9.17, 15) is 14.4 Å². The van der Waals surface area contributed by atoms with Gasteiger partial charge in [-0.25, -0.2) is 9.80 Å². The molecule has 0 heterocycles. The van der Waals surface area contributed by atoms with Crippen molar-refractivity contribution >= 4 is 39.4 Å². The third-order valence-electron chi connectivity index (χ3n) is 2.24. The molecular formula is C11H12BrN3O4. The molecule has 0 atom stereocenters. The summed E-state index contributed by atoms with van der Waals surface area (Å²) in [5, 5.41) is 9.98. The molecule has 0 saturated heterocycles. The number of nitrogens with two attached hydrogens (primary N) is 1. The van der Waals surface area contributed by atoms with E-state index < -0.39 is 17.8 Å². The van der Waals surface area contributed by atoms with Crippen LogP contribution < -0.4 is 11.2 Å². The number of rotatable bonds is 4. The predicted octanol–water partition coefficient (Wildman–Crippen LogP) is 0.808. The van der Waals surface area contributed by atoms with Gasteiger partial charge in [0.2, 0.25) is 0 Å². The number of carbonyl (C=O) groups is 3. The van der Waals surface area contributed by atoms with Crippen LogP contribution in [0, 0.1) is 0 Å².